The molecule has 0 spiro atoms. The average molecular weight is 300 g/mol. The molecule has 0 bridgehead atoms. The van der Waals surface area contributed by atoms with Gasteiger partial charge in [-0.2, -0.15) is 0 Å². The van der Waals surface area contributed by atoms with Crippen LogP contribution in [-0.2, 0) is 9.84 Å². The van der Waals surface area contributed by atoms with Crippen molar-refractivity contribution in [3.8, 4) is 5.75 Å². The highest BCUT2D eigenvalue weighted by Crippen LogP contribution is 2.36. The summed E-state index contributed by atoms with van der Waals surface area (Å²) in [5, 5.41) is 0. The van der Waals surface area contributed by atoms with Crippen molar-refractivity contribution < 1.29 is 17.9 Å². The van der Waals surface area contributed by atoms with Crippen molar-refractivity contribution in [3.05, 3.63) is 65.7 Å². The smallest absolute Gasteiger partial charge is 0.208 e. The number of ether oxygens (including phenoxy) is 1. The molecule has 1 aliphatic rings. The van der Waals surface area contributed by atoms with E-state index in [2.05, 4.69) is 0 Å². The van der Waals surface area contributed by atoms with Gasteiger partial charge in [-0.1, -0.05) is 30.3 Å². The Bertz CT molecular complexity index is 849. The van der Waals surface area contributed by atoms with E-state index >= 15 is 0 Å². The first-order chi connectivity index (χ1) is 10.0. The van der Waals surface area contributed by atoms with Crippen molar-refractivity contribution in [1.82, 2.24) is 0 Å². The van der Waals surface area contributed by atoms with E-state index in [0.29, 0.717) is 11.3 Å². The summed E-state index contributed by atoms with van der Waals surface area (Å²) in [5.41, 5.74) is 0.676. The van der Waals surface area contributed by atoms with E-state index in [1.165, 1.54) is 25.3 Å². The van der Waals surface area contributed by atoms with E-state index in [9.17, 15) is 13.2 Å². The fraction of sp³-hybridized carbons (Fsp3) is 0.0625. The number of carbonyl (C=O) groups is 1. The van der Waals surface area contributed by atoms with Crippen LogP contribution in [0.4, 0.5) is 0 Å². The normalized spacial score (nSPS) is 16.0. The number of allylic oxidation sites excluding steroid dienone is 1. The molecule has 0 radical (unpaired) electrons. The molecule has 0 atom stereocenters. The van der Waals surface area contributed by atoms with Crippen LogP contribution >= 0.6 is 0 Å². The van der Waals surface area contributed by atoms with Gasteiger partial charge in [-0.3, -0.25) is 4.79 Å². The zero-order valence-corrected chi connectivity index (χ0v) is 12.1. The highest BCUT2D eigenvalue weighted by Gasteiger charge is 2.32. The maximum atomic E-state index is 12.7. The molecule has 0 saturated carbocycles. The topological polar surface area (TPSA) is 60.4 Å². The van der Waals surface area contributed by atoms with Crippen LogP contribution in [-0.4, -0.2) is 21.3 Å². The maximum Gasteiger partial charge on any atom is 0.208 e. The molecule has 0 aromatic heterocycles. The van der Waals surface area contributed by atoms with Crippen LogP contribution in [0.15, 0.2) is 59.5 Å². The largest absolute Gasteiger partial charge is 0.497 e. The predicted molar refractivity (Wildman–Crippen MR) is 78.9 cm³/mol. The molecule has 4 nitrogen and oxygen atoms in total. The molecule has 0 aliphatic carbocycles. The summed E-state index contributed by atoms with van der Waals surface area (Å²) < 4.78 is 30.5. The molecular formula is C16H12O4S. The van der Waals surface area contributed by atoms with Gasteiger partial charge in [-0.15, -0.1) is 0 Å². The molecule has 0 saturated heterocycles. The van der Waals surface area contributed by atoms with Gasteiger partial charge in [0, 0.05) is 11.6 Å². The van der Waals surface area contributed by atoms with Crippen molar-refractivity contribution >= 4 is 20.5 Å². The highest BCUT2D eigenvalue weighted by atomic mass is 32.2. The summed E-state index contributed by atoms with van der Waals surface area (Å²) in [6.45, 7) is 0. The number of hydrogen-bond donors (Lipinski definition) is 0. The number of hydrogen-bond acceptors (Lipinski definition) is 4. The Labute approximate surface area is 122 Å². The lowest BCUT2D eigenvalue weighted by Crippen LogP contribution is -2.16. The second kappa shape index (κ2) is 4.86. The molecule has 0 unspecified atom stereocenters. The van der Waals surface area contributed by atoms with Crippen molar-refractivity contribution in [3.63, 3.8) is 0 Å². The summed E-state index contributed by atoms with van der Waals surface area (Å²) in [5.74, 6) is 0.0840. The summed E-state index contributed by atoms with van der Waals surface area (Å²) in [6, 6.07) is 13.0. The first-order valence-electron chi connectivity index (χ1n) is 6.28. The Kier molecular flexibility index (Phi) is 3.14. The first-order valence-corrected chi connectivity index (χ1v) is 7.77. The lowest BCUT2D eigenvalue weighted by atomic mass is 10.1. The van der Waals surface area contributed by atoms with E-state index in [-0.39, 0.29) is 21.1 Å². The van der Waals surface area contributed by atoms with Crippen molar-refractivity contribution in [1.29, 1.82) is 0 Å². The summed E-state index contributed by atoms with van der Waals surface area (Å²) in [7, 11) is -2.29. The molecule has 106 valence electrons. The molecule has 1 aliphatic heterocycles. The fourth-order valence-corrected chi connectivity index (χ4v) is 3.96. The van der Waals surface area contributed by atoms with Gasteiger partial charge < -0.3 is 4.74 Å². The third kappa shape index (κ3) is 2.15. The van der Waals surface area contributed by atoms with Crippen LogP contribution in [0.5, 0.6) is 5.75 Å². The number of sulfone groups is 1. The molecule has 21 heavy (non-hydrogen) atoms. The lowest BCUT2D eigenvalue weighted by Gasteiger charge is -2.17. The van der Waals surface area contributed by atoms with E-state index in [0.717, 1.165) is 0 Å². The molecule has 0 fully saturated rings. The second-order valence-corrected chi connectivity index (χ2v) is 6.49. The molecule has 0 N–H and O–H groups in total. The Morgan fingerprint density at radius 3 is 2.38 bits per heavy atom. The van der Waals surface area contributed by atoms with Gasteiger partial charge in [0.1, 0.15) is 5.75 Å². The van der Waals surface area contributed by atoms with Crippen molar-refractivity contribution in [2.75, 3.05) is 7.11 Å². The van der Waals surface area contributed by atoms with Gasteiger partial charge in [0.25, 0.3) is 0 Å². The predicted octanol–water partition coefficient (Wildman–Crippen LogP) is 2.71. The first kappa shape index (κ1) is 13.6. The van der Waals surface area contributed by atoms with Gasteiger partial charge in [0.05, 0.1) is 16.9 Å². The Balaban J connectivity index is 2.26. The van der Waals surface area contributed by atoms with Gasteiger partial charge in [-0.05, 0) is 23.8 Å². The zero-order chi connectivity index (χ0) is 15.0. The average Bonchev–Trinajstić information content (AvgIpc) is 2.51. The van der Waals surface area contributed by atoms with Crippen LogP contribution < -0.4 is 4.74 Å². The number of fused-ring (bicyclic) bond motifs is 1. The molecule has 3 rings (SSSR count). The van der Waals surface area contributed by atoms with E-state index in [1.807, 2.05) is 0 Å². The Morgan fingerprint density at radius 1 is 1.00 bits per heavy atom. The molecular weight excluding hydrogens is 288 g/mol. The van der Waals surface area contributed by atoms with Crippen molar-refractivity contribution in [2.24, 2.45) is 0 Å². The minimum absolute atomic E-state index is 0.00629. The minimum atomic E-state index is -3.74. The lowest BCUT2D eigenvalue weighted by molar-refractivity contribution is 0.104. The SMILES string of the molecule is COc1ccc2c(c1)S(=O)(=O)C(c1ccccc1)=CC2=O. The molecule has 1 heterocycles. The molecule has 2 aromatic carbocycles. The third-order valence-electron chi connectivity index (χ3n) is 3.35. The monoisotopic (exact) mass is 300 g/mol. The van der Waals surface area contributed by atoms with Gasteiger partial charge in [-0.25, -0.2) is 8.42 Å². The number of benzene rings is 2. The highest BCUT2D eigenvalue weighted by molar-refractivity contribution is 8.00. The van der Waals surface area contributed by atoms with Crippen LogP contribution in [0.25, 0.3) is 4.91 Å². The van der Waals surface area contributed by atoms with Crippen molar-refractivity contribution in [2.45, 2.75) is 4.90 Å². The quantitative estimate of drug-likeness (QED) is 0.855. The summed E-state index contributed by atoms with van der Waals surface area (Å²) >= 11 is 0. The standard InChI is InChI=1S/C16H12O4S/c1-20-12-7-8-13-14(17)10-15(11-5-3-2-4-6-11)21(18,19)16(13)9-12/h2-10H,1H3. The molecule has 2 aromatic rings. The van der Waals surface area contributed by atoms with E-state index in [4.69, 9.17) is 4.74 Å². The van der Waals surface area contributed by atoms with Crippen LogP contribution in [0.1, 0.15) is 15.9 Å². The Hall–Kier alpha value is -2.40. The van der Waals surface area contributed by atoms with E-state index in [1.54, 1.807) is 36.4 Å². The van der Waals surface area contributed by atoms with Crippen LogP contribution in [0, 0.1) is 0 Å². The second-order valence-electron chi connectivity index (χ2n) is 4.60. The number of rotatable bonds is 2. The van der Waals surface area contributed by atoms with Gasteiger partial charge in [0.2, 0.25) is 9.84 Å². The zero-order valence-electron chi connectivity index (χ0n) is 11.2. The number of carbonyl (C=O) groups excluding carboxylic acids is 1. The molecule has 5 heteroatoms. The Morgan fingerprint density at radius 2 is 1.71 bits per heavy atom. The number of methoxy groups -OCH3 is 1. The third-order valence-corrected chi connectivity index (χ3v) is 5.20. The summed E-state index contributed by atoms with van der Waals surface area (Å²) in [6.07, 6.45) is 1.18. The van der Waals surface area contributed by atoms with Gasteiger partial charge in [0.15, 0.2) is 5.78 Å². The van der Waals surface area contributed by atoms with Crippen LogP contribution in [0.3, 0.4) is 0 Å². The van der Waals surface area contributed by atoms with Crippen LogP contribution in [0.2, 0.25) is 0 Å². The van der Waals surface area contributed by atoms with Gasteiger partial charge >= 0.3 is 0 Å². The maximum absolute atomic E-state index is 12.7. The number of ketones is 1. The fourth-order valence-electron chi connectivity index (χ4n) is 2.29. The molecule has 0 amide bonds. The summed E-state index contributed by atoms with van der Waals surface area (Å²) in [4.78, 5) is 12.2. The minimum Gasteiger partial charge on any atom is -0.497 e. The van der Waals surface area contributed by atoms with E-state index < -0.39 is 9.84 Å².